The van der Waals surface area contributed by atoms with Crippen molar-refractivity contribution in [2.45, 2.75) is 0 Å². The minimum absolute atomic E-state index is 0.385. The number of ether oxygens (including phenoxy) is 1. The Balaban J connectivity index is 2.60. The number of halogens is 1. The van der Waals surface area contributed by atoms with Crippen molar-refractivity contribution in [2.75, 3.05) is 7.11 Å². The van der Waals surface area contributed by atoms with Crippen LogP contribution in [-0.4, -0.2) is 18.1 Å². The molecule has 0 spiro atoms. The summed E-state index contributed by atoms with van der Waals surface area (Å²) in [7, 11) is 1.36. The van der Waals surface area contributed by atoms with Gasteiger partial charge in [-0.25, -0.2) is 4.79 Å². The van der Waals surface area contributed by atoms with Crippen LogP contribution in [0.4, 0.5) is 0 Å². The van der Waals surface area contributed by atoms with E-state index in [-0.39, 0.29) is 5.97 Å². The number of benzene rings is 1. The van der Waals surface area contributed by atoms with Gasteiger partial charge in [0.05, 0.1) is 18.4 Å². The average Bonchev–Trinajstić information content (AvgIpc) is 2.38. The van der Waals surface area contributed by atoms with Crippen molar-refractivity contribution in [1.82, 2.24) is 4.98 Å². The molecule has 0 aliphatic carbocycles. The third-order valence-corrected chi connectivity index (χ3v) is 3.03. The lowest BCUT2D eigenvalue weighted by molar-refractivity contribution is 0.0601. The summed E-state index contributed by atoms with van der Waals surface area (Å²) in [5.74, 6) is -0.385. The van der Waals surface area contributed by atoms with Gasteiger partial charge in [0.1, 0.15) is 0 Å². The van der Waals surface area contributed by atoms with Gasteiger partial charge in [-0.05, 0) is 18.2 Å². The summed E-state index contributed by atoms with van der Waals surface area (Å²) in [4.78, 5) is 15.9. The number of hydrogen-bond acceptors (Lipinski definition) is 3. The SMILES string of the molecule is COC(=O)c1cccnc1-c1ccccc1Br. The molecule has 3 nitrogen and oxygen atoms in total. The van der Waals surface area contributed by atoms with Crippen LogP contribution in [0.1, 0.15) is 10.4 Å². The molecule has 86 valence electrons. The first kappa shape index (κ1) is 11.8. The summed E-state index contributed by atoms with van der Waals surface area (Å²) in [5, 5.41) is 0. The Morgan fingerprint density at radius 3 is 2.71 bits per heavy atom. The van der Waals surface area contributed by atoms with Crippen LogP contribution in [0.25, 0.3) is 11.3 Å². The number of pyridine rings is 1. The zero-order chi connectivity index (χ0) is 12.3. The maximum atomic E-state index is 11.6. The molecule has 0 bridgehead atoms. The van der Waals surface area contributed by atoms with Gasteiger partial charge in [0, 0.05) is 16.2 Å². The monoisotopic (exact) mass is 291 g/mol. The molecule has 1 heterocycles. The highest BCUT2D eigenvalue weighted by atomic mass is 79.9. The standard InChI is InChI=1S/C13H10BrNO2/c1-17-13(16)10-6-4-8-15-12(10)9-5-2-3-7-11(9)14/h2-8H,1H3. The van der Waals surface area contributed by atoms with Crippen LogP contribution in [-0.2, 0) is 4.74 Å². The minimum Gasteiger partial charge on any atom is -0.465 e. The van der Waals surface area contributed by atoms with Crippen LogP contribution in [0.5, 0.6) is 0 Å². The number of carbonyl (C=O) groups excluding carboxylic acids is 1. The molecule has 1 aromatic heterocycles. The van der Waals surface area contributed by atoms with Crippen molar-refractivity contribution >= 4 is 21.9 Å². The number of methoxy groups -OCH3 is 1. The van der Waals surface area contributed by atoms with Gasteiger partial charge in [0.25, 0.3) is 0 Å². The zero-order valence-electron chi connectivity index (χ0n) is 9.18. The number of nitrogens with zero attached hydrogens (tertiary/aromatic N) is 1. The molecule has 2 rings (SSSR count). The van der Waals surface area contributed by atoms with Crippen LogP contribution in [0.2, 0.25) is 0 Å². The first-order valence-electron chi connectivity index (χ1n) is 5.02. The second-order valence-corrected chi connectivity index (χ2v) is 4.23. The van der Waals surface area contributed by atoms with Crippen molar-refractivity contribution in [2.24, 2.45) is 0 Å². The number of aromatic nitrogens is 1. The Bertz CT molecular complexity index is 555. The first-order valence-corrected chi connectivity index (χ1v) is 5.81. The molecule has 0 saturated heterocycles. The lowest BCUT2D eigenvalue weighted by atomic mass is 10.1. The van der Waals surface area contributed by atoms with E-state index >= 15 is 0 Å². The van der Waals surface area contributed by atoms with Crippen molar-refractivity contribution < 1.29 is 9.53 Å². The van der Waals surface area contributed by atoms with Crippen LogP contribution >= 0.6 is 15.9 Å². The van der Waals surface area contributed by atoms with E-state index in [4.69, 9.17) is 4.74 Å². The second-order valence-electron chi connectivity index (χ2n) is 3.37. The van der Waals surface area contributed by atoms with Crippen molar-refractivity contribution in [3.63, 3.8) is 0 Å². The van der Waals surface area contributed by atoms with E-state index in [1.165, 1.54) is 7.11 Å². The molecule has 0 radical (unpaired) electrons. The lowest BCUT2D eigenvalue weighted by Gasteiger charge is -2.08. The number of carbonyl (C=O) groups is 1. The van der Waals surface area contributed by atoms with Gasteiger partial charge in [-0.3, -0.25) is 4.98 Å². The van der Waals surface area contributed by atoms with E-state index in [1.54, 1.807) is 18.3 Å². The highest BCUT2D eigenvalue weighted by Crippen LogP contribution is 2.28. The molecule has 0 N–H and O–H groups in total. The van der Waals surface area contributed by atoms with Crippen molar-refractivity contribution in [3.8, 4) is 11.3 Å². The Hall–Kier alpha value is -1.68. The molecule has 0 amide bonds. The molecular formula is C13H10BrNO2. The molecule has 0 fully saturated rings. The maximum Gasteiger partial charge on any atom is 0.340 e. The van der Waals surface area contributed by atoms with Gasteiger partial charge in [-0.15, -0.1) is 0 Å². The Morgan fingerprint density at radius 2 is 2.00 bits per heavy atom. The molecule has 0 atom stereocenters. The largest absolute Gasteiger partial charge is 0.465 e. The number of esters is 1. The minimum atomic E-state index is -0.385. The fourth-order valence-electron chi connectivity index (χ4n) is 1.55. The second kappa shape index (κ2) is 5.10. The van der Waals surface area contributed by atoms with Crippen LogP contribution in [0.15, 0.2) is 47.1 Å². The highest BCUT2D eigenvalue weighted by molar-refractivity contribution is 9.10. The molecule has 2 aromatic rings. The Kier molecular flexibility index (Phi) is 3.54. The van der Waals surface area contributed by atoms with E-state index in [0.717, 1.165) is 10.0 Å². The third kappa shape index (κ3) is 2.36. The fourth-order valence-corrected chi connectivity index (χ4v) is 2.02. The van der Waals surface area contributed by atoms with Crippen molar-refractivity contribution in [3.05, 3.63) is 52.6 Å². The van der Waals surface area contributed by atoms with E-state index < -0.39 is 0 Å². The lowest BCUT2D eigenvalue weighted by Crippen LogP contribution is -2.04. The van der Waals surface area contributed by atoms with Gasteiger partial charge < -0.3 is 4.74 Å². The molecule has 1 aromatic carbocycles. The Labute approximate surface area is 108 Å². The summed E-state index contributed by atoms with van der Waals surface area (Å²) in [6.07, 6.45) is 1.65. The molecule has 17 heavy (non-hydrogen) atoms. The molecule has 4 heteroatoms. The number of rotatable bonds is 2. The van der Waals surface area contributed by atoms with Crippen LogP contribution in [0, 0.1) is 0 Å². The Morgan fingerprint density at radius 1 is 1.24 bits per heavy atom. The summed E-state index contributed by atoms with van der Waals surface area (Å²) in [6, 6.07) is 11.0. The van der Waals surface area contributed by atoms with Gasteiger partial charge >= 0.3 is 5.97 Å². The summed E-state index contributed by atoms with van der Waals surface area (Å²) < 4.78 is 5.64. The average molecular weight is 292 g/mol. The fraction of sp³-hybridized carbons (Fsp3) is 0.0769. The molecule has 0 aliphatic rings. The number of hydrogen-bond donors (Lipinski definition) is 0. The van der Waals surface area contributed by atoms with E-state index in [1.807, 2.05) is 24.3 Å². The summed E-state index contributed by atoms with van der Waals surface area (Å²) in [5.41, 5.74) is 1.95. The third-order valence-electron chi connectivity index (χ3n) is 2.34. The van der Waals surface area contributed by atoms with Gasteiger partial charge in [0.2, 0.25) is 0 Å². The van der Waals surface area contributed by atoms with Gasteiger partial charge in [0.15, 0.2) is 0 Å². The smallest absolute Gasteiger partial charge is 0.340 e. The predicted octanol–water partition coefficient (Wildman–Crippen LogP) is 3.30. The maximum absolute atomic E-state index is 11.6. The highest BCUT2D eigenvalue weighted by Gasteiger charge is 2.15. The molecule has 0 aliphatic heterocycles. The van der Waals surface area contributed by atoms with Crippen molar-refractivity contribution in [1.29, 1.82) is 0 Å². The van der Waals surface area contributed by atoms with Crippen LogP contribution in [0.3, 0.4) is 0 Å². The van der Waals surface area contributed by atoms with Gasteiger partial charge in [-0.1, -0.05) is 34.1 Å². The zero-order valence-corrected chi connectivity index (χ0v) is 10.8. The summed E-state index contributed by atoms with van der Waals surface area (Å²) in [6.45, 7) is 0. The van der Waals surface area contributed by atoms with E-state index in [0.29, 0.717) is 11.3 Å². The summed E-state index contributed by atoms with van der Waals surface area (Å²) >= 11 is 3.45. The van der Waals surface area contributed by atoms with E-state index in [2.05, 4.69) is 20.9 Å². The van der Waals surface area contributed by atoms with E-state index in [9.17, 15) is 4.79 Å². The quantitative estimate of drug-likeness (QED) is 0.797. The normalized spacial score (nSPS) is 10.0. The molecule has 0 unspecified atom stereocenters. The van der Waals surface area contributed by atoms with Gasteiger partial charge in [-0.2, -0.15) is 0 Å². The molecular weight excluding hydrogens is 282 g/mol. The van der Waals surface area contributed by atoms with Crippen LogP contribution < -0.4 is 0 Å². The molecule has 0 saturated carbocycles. The topological polar surface area (TPSA) is 39.2 Å². The first-order chi connectivity index (χ1) is 8.24. The predicted molar refractivity (Wildman–Crippen MR) is 68.7 cm³/mol.